The van der Waals surface area contributed by atoms with Crippen LogP contribution < -0.4 is 0 Å². The van der Waals surface area contributed by atoms with Crippen LogP contribution in [0.4, 0.5) is 4.39 Å². The maximum absolute atomic E-state index is 13.5. The molecule has 0 aliphatic carbocycles. The predicted octanol–water partition coefficient (Wildman–Crippen LogP) is 2.97. The van der Waals surface area contributed by atoms with Crippen LogP contribution in [0.15, 0.2) is 42.5 Å². The molecule has 0 fully saturated rings. The molecule has 1 aliphatic rings. The van der Waals surface area contributed by atoms with E-state index in [1.54, 1.807) is 30.3 Å². The van der Waals surface area contributed by atoms with Crippen molar-refractivity contribution in [3.8, 4) is 6.07 Å². The number of benzene rings is 2. The molecular weight excluding hydrogens is 391 g/mol. The standard InChI is InChI=1S/C20H21FN2O.C2H2O4/c1-23(2)11-3-10-20(17-5-7-18(21)8-6-17)19-9-4-15(13-22)12-16(19)14-24-20;3-1(4)2(5)6/h4-9,12H,3,10-11,14H2,1-2H3;(H,3,4)(H,5,6)/i1D3,2D3;. The highest BCUT2D eigenvalue weighted by molar-refractivity contribution is 6.27. The van der Waals surface area contributed by atoms with E-state index in [-0.39, 0.29) is 19.6 Å². The van der Waals surface area contributed by atoms with Gasteiger partial charge in [0.15, 0.2) is 0 Å². The molecule has 0 saturated carbocycles. The Bertz CT molecular complexity index is 1120. The van der Waals surface area contributed by atoms with Gasteiger partial charge in [0.25, 0.3) is 0 Å². The Kier molecular flexibility index (Phi) is 5.16. The molecule has 8 heteroatoms. The number of aliphatic carboxylic acids is 2. The average molecular weight is 420 g/mol. The number of halogens is 1. The van der Waals surface area contributed by atoms with Gasteiger partial charge in [-0.05, 0) is 74.3 Å². The second kappa shape index (κ2) is 9.96. The normalized spacial score (nSPS) is 20.7. The number of hydrogen-bond acceptors (Lipinski definition) is 5. The fourth-order valence-corrected chi connectivity index (χ4v) is 3.25. The quantitative estimate of drug-likeness (QED) is 0.716. The van der Waals surface area contributed by atoms with Crippen LogP contribution in [0.3, 0.4) is 0 Å². The number of ether oxygens (including phenoxy) is 1. The number of fused-ring (bicyclic) bond motifs is 1. The third kappa shape index (κ3) is 5.41. The topological polar surface area (TPSA) is 111 Å². The fraction of sp³-hybridized carbons (Fsp3) is 0.318. The average Bonchev–Trinajstić information content (AvgIpc) is 3.14. The van der Waals surface area contributed by atoms with Gasteiger partial charge >= 0.3 is 11.9 Å². The van der Waals surface area contributed by atoms with Gasteiger partial charge in [-0.1, -0.05) is 18.2 Å². The van der Waals surface area contributed by atoms with E-state index >= 15 is 0 Å². The lowest BCUT2D eigenvalue weighted by atomic mass is 9.81. The lowest BCUT2D eigenvalue weighted by Gasteiger charge is -2.31. The number of carboxylic acid groups (broad SMARTS) is 2. The van der Waals surface area contributed by atoms with E-state index in [0.717, 1.165) is 11.1 Å². The summed E-state index contributed by atoms with van der Waals surface area (Å²) in [5, 5.41) is 23.9. The molecule has 1 atom stereocenters. The molecule has 2 N–H and O–H groups in total. The molecular formula is C22H23FN2O5. The van der Waals surface area contributed by atoms with Gasteiger partial charge in [0.1, 0.15) is 11.4 Å². The summed E-state index contributed by atoms with van der Waals surface area (Å²) in [6.45, 7) is -5.47. The molecule has 1 heterocycles. The highest BCUT2D eigenvalue weighted by Crippen LogP contribution is 2.45. The van der Waals surface area contributed by atoms with Gasteiger partial charge in [-0.2, -0.15) is 5.26 Å². The number of rotatable bonds is 5. The second-order valence-corrected chi connectivity index (χ2v) is 6.47. The van der Waals surface area contributed by atoms with Crippen molar-refractivity contribution in [1.82, 2.24) is 4.90 Å². The predicted molar refractivity (Wildman–Crippen MR) is 106 cm³/mol. The number of nitriles is 1. The summed E-state index contributed by atoms with van der Waals surface area (Å²) in [6.07, 6.45) is 0.508. The van der Waals surface area contributed by atoms with Gasteiger partial charge < -0.3 is 19.8 Å². The first-order chi connectivity index (χ1) is 16.6. The molecule has 0 amide bonds. The van der Waals surface area contributed by atoms with Crippen LogP contribution in [0.2, 0.25) is 0 Å². The van der Waals surface area contributed by atoms with Crippen molar-refractivity contribution in [3.05, 3.63) is 70.5 Å². The van der Waals surface area contributed by atoms with Crippen molar-refractivity contribution in [2.75, 3.05) is 20.5 Å². The zero-order chi connectivity index (χ0) is 27.3. The Hall–Kier alpha value is -3.28. The van der Waals surface area contributed by atoms with Gasteiger partial charge in [0, 0.05) is 8.22 Å². The highest BCUT2D eigenvalue weighted by atomic mass is 19.1. The van der Waals surface area contributed by atoms with E-state index in [9.17, 15) is 4.39 Å². The Balaban J connectivity index is 0.000000678. The molecule has 0 spiro atoms. The van der Waals surface area contributed by atoms with Crippen LogP contribution in [0.25, 0.3) is 0 Å². The minimum atomic E-state index is -2.76. The summed E-state index contributed by atoms with van der Waals surface area (Å²) in [4.78, 5) is 18.7. The highest BCUT2D eigenvalue weighted by Gasteiger charge is 2.41. The molecule has 0 aromatic heterocycles. The molecule has 0 bridgehead atoms. The number of nitrogens with zero attached hydrogens (tertiary/aromatic N) is 2. The summed E-state index contributed by atoms with van der Waals surface area (Å²) in [7, 11) is 0. The van der Waals surface area contributed by atoms with Crippen LogP contribution in [0.1, 0.15) is 43.3 Å². The largest absolute Gasteiger partial charge is 0.473 e. The van der Waals surface area contributed by atoms with Crippen molar-refractivity contribution in [1.29, 1.82) is 5.26 Å². The summed E-state index contributed by atoms with van der Waals surface area (Å²) in [5.74, 6) is -4.05. The lowest BCUT2D eigenvalue weighted by molar-refractivity contribution is -0.159. The van der Waals surface area contributed by atoms with Gasteiger partial charge in [-0.3, -0.25) is 0 Å². The van der Waals surface area contributed by atoms with Crippen molar-refractivity contribution >= 4 is 11.9 Å². The Labute approximate surface area is 182 Å². The third-order valence-corrected chi connectivity index (χ3v) is 4.55. The lowest BCUT2D eigenvalue weighted by Crippen LogP contribution is -2.28. The van der Waals surface area contributed by atoms with Crippen molar-refractivity contribution in [3.63, 3.8) is 0 Å². The first-order valence-corrected chi connectivity index (χ1v) is 8.79. The number of carboxylic acids is 2. The van der Waals surface area contributed by atoms with E-state index in [1.165, 1.54) is 12.1 Å². The van der Waals surface area contributed by atoms with Crippen LogP contribution >= 0.6 is 0 Å². The Morgan fingerprint density at radius 1 is 1.23 bits per heavy atom. The van der Waals surface area contributed by atoms with Crippen LogP contribution in [-0.2, 0) is 26.5 Å². The fourth-order valence-electron chi connectivity index (χ4n) is 3.25. The monoisotopic (exact) mass is 420 g/mol. The first kappa shape index (κ1) is 15.5. The Morgan fingerprint density at radius 2 is 1.90 bits per heavy atom. The summed E-state index contributed by atoms with van der Waals surface area (Å²) in [6, 6.07) is 13.1. The third-order valence-electron chi connectivity index (χ3n) is 4.55. The molecule has 2 aromatic carbocycles. The van der Waals surface area contributed by atoms with Crippen molar-refractivity contribution in [2.24, 2.45) is 0 Å². The van der Waals surface area contributed by atoms with E-state index in [0.29, 0.717) is 22.4 Å². The van der Waals surface area contributed by atoms with Gasteiger partial charge in [0.2, 0.25) is 0 Å². The van der Waals surface area contributed by atoms with Gasteiger partial charge in [-0.15, -0.1) is 0 Å². The van der Waals surface area contributed by atoms with Crippen LogP contribution in [0, 0.1) is 17.1 Å². The molecule has 30 heavy (non-hydrogen) atoms. The maximum atomic E-state index is 13.5. The summed E-state index contributed by atoms with van der Waals surface area (Å²) < 4.78 is 64.8. The maximum Gasteiger partial charge on any atom is 0.414 e. The second-order valence-electron chi connectivity index (χ2n) is 6.47. The van der Waals surface area contributed by atoms with Gasteiger partial charge in [0.05, 0.1) is 18.2 Å². The minimum absolute atomic E-state index is 0.190. The molecule has 1 aliphatic heterocycles. The summed E-state index contributed by atoms with van der Waals surface area (Å²) >= 11 is 0. The minimum Gasteiger partial charge on any atom is -0.473 e. The van der Waals surface area contributed by atoms with Gasteiger partial charge in [-0.25, -0.2) is 14.0 Å². The Morgan fingerprint density at radius 3 is 2.47 bits per heavy atom. The van der Waals surface area contributed by atoms with Crippen LogP contribution in [-0.4, -0.2) is 47.5 Å². The molecule has 1 unspecified atom stereocenters. The smallest absolute Gasteiger partial charge is 0.414 e. The van der Waals surface area contributed by atoms with E-state index < -0.39 is 37.3 Å². The van der Waals surface area contributed by atoms with Crippen molar-refractivity contribution < 1.29 is 37.2 Å². The van der Waals surface area contributed by atoms with E-state index in [1.807, 2.05) is 0 Å². The molecule has 3 rings (SSSR count). The SMILES string of the molecule is O=C(O)C(=O)O.[2H]C([2H])([2H])N(CCCC1(c2ccc(F)cc2)OCc2cc(C#N)ccc21)C([2H])([2H])[2H]. The van der Waals surface area contributed by atoms with Crippen LogP contribution in [0.5, 0.6) is 0 Å². The number of carbonyl (C=O) groups is 2. The molecule has 0 radical (unpaired) electrons. The zero-order valence-corrected chi connectivity index (χ0v) is 15.8. The first-order valence-electron chi connectivity index (χ1n) is 11.8. The summed E-state index contributed by atoms with van der Waals surface area (Å²) in [5.41, 5.74) is 1.82. The number of hydrogen-bond donors (Lipinski definition) is 2. The zero-order valence-electron chi connectivity index (χ0n) is 21.8. The van der Waals surface area contributed by atoms with Crippen molar-refractivity contribution in [2.45, 2.75) is 25.0 Å². The molecule has 0 saturated heterocycles. The van der Waals surface area contributed by atoms with E-state index in [2.05, 4.69) is 6.07 Å². The molecule has 158 valence electrons. The van der Waals surface area contributed by atoms with E-state index in [4.69, 9.17) is 38.0 Å². The molecule has 2 aromatic rings. The molecule has 7 nitrogen and oxygen atoms in total.